The van der Waals surface area contributed by atoms with Crippen LogP contribution in [-0.4, -0.2) is 27.4 Å². The van der Waals surface area contributed by atoms with Gasteiger partial charge in [-0.2, -0.15) is 0 Å². The van der Waals surface area contributed by atoms with E-state index in [-0.39, 0.29) is 0 Å². The second-order valence-electron chi connectivity index (χ2n) is 7.52. The molecule has 27 heavy (non-hydrogen) atoms. The second kappa shape index (κ2) is 7.33. The van der Waals surface area contributed by atoms with Crippen LogP contribution >= 0.6 is 0 Å². The molecule has 0 heterocycles. The summed E-state index contributed by atoms with van der Waals surface area (Å²) >= 11 is 0. The standard InChI is InChI=1S/C22H26O2Si3/c1-25-23-27(3,4)24-26(2)21-11-7-10-16-12-13-19-14-17-8-5-6-9-18(17)15-20(19)22(16)21/h5-15,26H,25H2,1-4H3. The molecule has 0 saturated heterocycles. The smallest absolute Gasteiger partial charge is 0.310 e. The highest BCUT2D eigenvalue weighted by Crippen LogP contribution is 2.29. The highest BCUT2D eigenvalue weighted by atomic mass is 28.4. The molecule has 0 amide bonds. The van der Waals surface area contributed by atoms with Crippen molar-refractivity contribution >= 4 is 64.9 Å². The molecule has 2 nitrogen and oxygen atoms in total. The Hall–Kier alpha value is -1.77. The molecule has 0 aliphatic heterocycles. The Kier molecular flexibility index (Phi) is 5.05. The summed E-state index contributed by atoms with van der Waals surface area (Å²) < 4.78 is 12.7. The number of fused-ring (bicyclic) bond motifs is 4. The molecule has 0 aliphatic rings. The molecule has 5 heteroatoms. The maximum absolute atomic E-state index is 6.60. The summed E-state index contributed by atoms with van der Waals surface area (Å²) in [4.78, 5) is 0. The van der Waals surface area contributed by atoms with Crippen LogP contribution in [0.3, 0.4) is 0 Å². The average Bonchev–Trinajstić information content (AvgIpc) is 2.65. The van der Waals surface area contributed by atoms with Gasteiger partial charge in [0.25, 0.3) is 0 Å². The predicted octanol–water partition coefficient (Wildman–Crippen LogP) is 4.57. The average molecular weight is 407 g/mol. The van der Waals surface area contributed by atoms with E-state index in [1.165, 1.54) is 37.5 Å². The Morgan fingerprint density at radius 3 is 2.22 bits per heavy atom. The van der Waals surface area contributed by atoms with Crippen molar-refractivity contribution in [1.82, 2.24) is 0 Å². The van der Waals surface area contributed by atoms with Crippen molar-refractivity contribution in [2.75, 3.05) is 0 Å². The molecule has 0 aromatic heterocycles. The van der Waals surface area contributed by atoms with Crippen molar-refractivity contribution in [3.05, 3.63) is 66.7 Å². The summed E-state index contributed by atoms with van der Waals surface area (Å²) in [5, 5.41) is 9.24. The van der Waals surface area contributed by atoms with Crippen molar-refractivity contribution in [2.24, 2.45) is 0 Å². The summed E-state index contributed by atoms with van der Waals surface area (Å²) in [5.41, 5.74) is 0. The maximum atomic E-state index is 6.60. The minimum atomic E-state index is -2.02. The van der Waals surface area contributed by atoms with E-state index in [9.17, 15) is 0 Å². The van der Waals surface area contributed by atoms with E-state index in [0.29, 0.717) is 0 Å². The van der Waals surface area contributed by atoms with Gasteiger partial charge >= 0.3 is 8.56 Å². The number of hydrogen-bond acceptors (Lipinski definition) is 2. The lowest BCUT2D eigenvalue weighted by molar-refractivity contribution is 0.425. The molecule has 1 unspecified atom stereocenters. The molecular weight excluding hydrogens is 380 g/mol. The summed E-state index contributed by atoms with van der Waals surface area (Å²) in [6.07, 6.45) is 0. The fourth-order valence-corrected chi connectivity index (χ4v) is 12.7. The third-order valence-electron chi connectivity index (χ3n) is 5.15. The van der Waals surface area contributed by atoms with Crippen LogP contribution in [0.25, 0.3) is 32.3 Å². The molecule has 0 radical (unpaired) electrons. The monoisotopic (exact) mass is 406 g/mol. The zero-order chi connectivity index (χ0) is 19.0. The lowest BCUT2D eigenvalue weighted by atomic mass is 9.98. The van der Waals surface area contributed by atoms with E-state index in [1.807, 2.05) is 0 Å². The topological polar surface area (TPSA) is 18.5 Å². The fraction of sp³-hybridized carbons (Fsp3) is 0.182. The Morgan fingerprint density at radius 2 is 1.48 bits per heavy atom. The molecule has 1 atom stereocenters. The van der Waals surface area contributed by atoms with Gasteiger partial charge < -0.3 is 8.23 Å². The molecule has 0 spiro atoms. The SMILES string of the molecule is C[SiH2]O[Si](C)(C)O[SiH](C)c1cccc2ccc3cc4ccccc4cc3c12. The van der Waals surface area contributed by atoms with Gasteiger partial charge in [-0.15, -0.1) is 0 Å². The first-order valence-corrected chi connectivity index (χ1v) is 16.7. The second-order valence-corrected chi connectivity index (χ2v) is 14.9. The first kappa shape index (κ1) is 18.6. The number of hydrogen-bond donors (Lipinski definition) is 0. The van der Waals surface area contributed by atoms with Crippen LogP contribution in [-0.2, 0) is 8.23 Å². The van der Waals surface area contributed by atoms with Gasteiger partial charge in [-0.25, -0.2) is 0 Å². The molecule has 4 aromatic carbocycles. The molecule has 0 saturated carbocycles. The number of benzene rings is 4. The highest BCUT2D eigenvalue weighted by molar-refractivity contribution is 6.81. The lowest BCUT2D eigenvalue weighted by Gasteiger charge is -2.27. The van der Waals surface area contributed by atoms with E-state index in [0.717, 1.165) is 0 Å². The van der Waals surface area contributed by atoms with Gasteiger partial charge in [0.05, 0.1) is 0 Å². The lowest BCUT2D eigenvalue weighted by Crippen LogP contribution is -2.45. The van der Waals surface area contributed by atoms with Crippen molar-refractivity contribution in [1.29, 1.82) is 0 Å². The minimum Gasteiger partial charge on any atom is -0.442 e. The molecule has 0 aliphatic carbocycles. The summed E-state index contributed by atoms with van der Waals surface area (Å²) in [6, 6.07) is 24.4. The van der Waals surface area contributed by atoms with Crippen LogP contribution in [0.1, 0.15) is 0 Å². The maximum Gasteiger partial charge on any atom is 0.310 e. The van der Waals surface area contributed by atoms with Gasteiger partial charge in [0.2, 0.25) is 0 Å². The molecule has 4 aromatic rings. The van der Waals surface area contributed by atoms with Gasteiger partial charge in [-0.05, 0) is 69.3 Å². The van der Waals surface area contributed by atoms with Crippen LogP contribution in [0, 0.1) is 0 Å². The minimum absolute atomic E-state index is 0.452. The van der Waals surface area contributed by atoms with Crippen LogP contribution in [0.15, 0.2) is 66.7 Å². The largest absolute Gasteiger partial charge is 0.442 e. The van der Waals surface area contributed by atoms with E-state index in [4.69, 9.17) is 8.23 Å². The van der Waals surface area contributed by atoms with Gasteiger partial charge in [-0.1, -0.05) is 61.1 Å². The number of rotatable bonds is 5. The Morgan fingerprint density at radius 1 is 0.815 bits per heavy atom. The van der Waals surface area contributed by atoms with Crippen LogP contribution in [0.5, 0.6) is 0 Å². The van der Waals surface area contributed by atoms with Gasteiger partial charge in [0.1, 0.15) is 9.76 Å². The molecule has 4 rings (SSSR count). The molecule has 0 N–H and O–H groups in total. The molecular formula is C22H26O2Si3. The van der Waals surface area contributed by atoms with Crippen molar-refractivity contribution < 1.29 is 8.23 Å². The van der Waals surface area contributed by atoms with Gasteiger partial charge in [0.15, 0.2) is 9.04 Å². The summed E-state index contributed by atoms with van der Waals surface area (Å²) in [6.45, 7) is 8.85. The Bertz CT molecular complexity index is 1120. The van der Waals surface area contributed by atoms with Crippen molar-refractivity contribution in [3.63, 3.8) is 0 Å². The van der Waals surface area contributed by atoms with Crippen molar-refractivity contribution in [2.45, 2.75) is 26.2 Å². The van der Waals surface area contributed by atoms with Crippen molar-refractivity contribution in [3.8, 4) is 0 Å². The third-order valence-corrected chi connectivity index (χ3v) is 14.1. The zero-order valence-electron chi connectivity index (χ0n) is 16.5. The molecule has 0 bridgehead atoms. The fourth-order valence-electron chi connectivity index (χ4n) is 4.04. The van der Waals surface area contributed by atoms with Crippen LogP contribution in [0.2, 0.25) is 26.2 Å². The predicted molar refractivity (Wildman–Crippen MR) is 126 cm³/mol. The Labute approximate surface area is 166 Å². The molecule has 0 fully saturated rings. The first-order chi connectivity index (χ1) is 13.0. The van der Waals surface area contributed by atoms with Crippen LogP contribution < -0.4 is 5.19 Å². The summed E-state index contributed by atoms with van der Waals surface area (Å²) in [5.74, 6) is 0. The summed E-state index contributed by atoms with van der Waals surface area (Å²) in [7, 11) is -4.05. The van der Waals surface area contributed by atoms with Gasteiger partial charge in [-0.3, -0.25) is 0 Å². The normalized spacial score (nSPS) is 13.9. The van der Waals surface area contributed by atoms with Gasteiger partial charge in [0, 0.05) is 0 Å². The van der Waals surface area contributed by atoms with Crippen LogP contribution in [0.4, 0.5) is 0 Å². The first-order valence-electron chi connectivity index (χ1n) is 9.64. The Balaban J connectivity index is 1.92. The van der Waals surface area contributed by atoms with E-state index < -0.39 is 27.4 Å². The van der Waals surface area contributed by atoms with E-state index in [1.54, 1.807) is 0 Å². The quantitative estimate of drug-likeness (QED) is 0.274. The molecule has 138 valence electrons. The zero-order valence-corrected chi connectivity index (χ0v) is 20.0. The highest BCUT2D eigenvalue weighted by Gasteiger charge is 2.28. The van der Waals surface area contributed by atoms with E-state index in [2.05, 4.69) is 92.9 Å². The third kappa shape index (κ3) is 3.66. The van der Waals surface area contributed by atoms with E-state index >= 15 is 0 Å².